The van der Waals surface area contributed by atoms with Gasteiger partial charge in [0.1, 0.15) is 17.1 Å². The molecule has 27 heavy (non-hydrogen) atoms. The molecule has 4 rings (SSSR count). The number of fused-ring (bicyclic) bond motifs is 1. The topological polar surface area (TPSA) is 51.2 Å². The van der Waals surface area contributed by atoms with Crippen molar-refractivity contribution in [2.45, 2.75) is 19.8 Å². The Labute approximate surface area is 158 Å². The van der Waals surface area contributed by atoms with Gasteiger partial charge in [-0.1, -0.05) is 38.1 Å². The lowest BCUT2D eigenvalue weighted by Crippen LogP contribution is -1.87. The lowest BCUT2D eigenvalue weighted by Gasteiger charge is -2.05. The summed E-state index contributed by atoms with van der Waals surface area (Å²) in [5.41, 5.74) is 2.58. The van der Waals surface area contributed by atoms with Gasteiger partial charge in [-0.25, -0.2) is 4.98 Å². The minimum Gasteiger partial charge on any atom is -0.457 e. The van der Waals surface area contributed by atoms with Crippen molar-refractivity contribution < 1.29 is 4.74 Å². The van der Waals surface area contributed by atoms with Gasteiger partial charge < -0.3 is 4.74 Å². The van der Waals surface area contributed by atoms with Crippen LogP contribution in [-0.2, 0) is 0 Å². The first-order chi connectivity index (χ1) is 13.2. The number of ether oxygens (including phenoxy) is 1. The minimum absolute atomic E-state index is 0.264. The van der Waals surface area contributed by atoms with E-state index in [0.29, 0.717) is 0 Å². The largest absolute Gasteiger partial charge is 0.457 e. The molecule has 0 radical (unpaired) electrons. The molecule has 134 valence electrons. The van der Waals surface area contributed by atoms with E-state index in [4.69, 9.17) is 4.74 Å². The Balaban J connectivity index is 1.58. The average molecular weight is 356 g/mol. The Bertz CT molecular complexity index is 1070. The molecule has 2 aromatic heterocycles. The number of aromatic nitrogens is 2. The van der Waals surface area contributed by atoms with E-state index in [1.165, 1.54) is 0 Å². The molecule has 2 heterocycles. The zero-order chi connectivity index (χ0) is 18.6. The quantitative estimate of drug-likeness (QED) is 0.375. The lowest BCUT2D eigenvalue weighted by molar-refractivity contribution is 0.483. The standard InChI is InChI=1S/C22H20N4O/c1-16(2)21-22(26-15-7-6-10-20(26)23-21)25-24-17-11-13-19(14-12-17)27-18-8-4-3-5-9-18/h3-16H,1-2H3. The summed E-state index contributed by atoms with van der Waals surface area (Å²) in [5, 5.41) is 8.88. The third-order valence-corrected chi connectivity index (χ3v) is 4.15. The Hall–Kier alpha value is -3.47. The molecule has 0 amide bonds. The molecular formula is C22H20N4O. The SMILES string of the molecule is CC(C)c1nc2ccccn2c1N=Nc1ccc(Oc2ccccc2)cc1. The van der Waals surface area contributed by atoms with Crippen LogP contribution in [0.4, 0.5) is 11.5 Å². The van der Waals surface area contributed by atoms with E-state index in [9.17, 15) is 0 Å². The molecule has 0 unspecified atom stereocenters. The number of azo groups is 1. The number of nitrogens with zero attached hydrogens (tertiary/aromatic N) is 4. The van der Waals surface area contributed by atoms with Crippen molar-refractivity contribution in [3.8, 4) is 11.5 Å². The summed E-state index contributed by atoms with van der Waals surface area (Å²) in [7, 11) is 0. The lowest BCUT2D eigenvalue weighted by atomic mass is 10.1. The van der Waals surface area contributed by atoms with Crippen LogP contribution in [0.3, 0.4) is 0 Å². The summed E-state index contributed by atoms with van der Waals surface area (Å²) in [6, 6.07) is 23.2. The Morgan fingerprint density at radius 3 is 2.26 bits per heavy atom. The summed E-state index contributed by atoms with van der Waals surface area (Å²) in [6.07, 6.45) is 1.96. The van der Waals surface area contributed by atoms with Gasteiger partial charge in [0, 0.05) is 6.20 Å². The van der Waals surface area contributed by atoms with Crippen LogP contribution in [0, 0.1) is 0 Å². The van der Waals surface area contributed by atoms with Gasteiger partial charge in [0.05, 0.1) is 11.4 Å². The molecule has 0 atom stereocenters. The van der Waals surface area contributed by atoms with Crippen molar-refractivity contribution >= 4 is 17.2 Å². The predicted octanol–water partition coefficient (Wildman–Crippen LogP) is 6.67. The molecule has 0 saturated carbocycles. The zero-order valence-electron chi connectivity index (χ0n) is 15.3. The van der Waals surface area contributed by atoms with E-state index < -0.39 is 0 Å². The van der Waals surface area contributed by atoms with Crippen LogP contribution in [-0.4, -0.2) is 9.38 Å². The number of para-hydroxylation sites is 1. The highest BCUT2D eigenvalue weighted by Crippen LogP contribution is 2.30. The maximum Gasteiger partial charge on any atom is 0.183 e. The normalized spacial score (nSPS) is 11.5. The van der Waals surface area contributed by atoms with Gasteiger partial charge in [0.25, 0.3) is 0 Å². The smallest absolute Gasteiger partial charge is 0.183 e. The molecule has 0 aliphatic rings. The van der Waals surface area contributed by atoms with Gasteiger partial charge in [-0.2, -0.15) is 0 Å². The second-order valence-electron chi connectivity index (χ2n) is 6.51. The molecule has 0 aliphatic carbocycles. The molecule has 0 aliphatic heterocycles. The van der Waals surface area contributed by atoms with E-state index in [1.54, 1.807) is 0 Å². The third kappa shape index (κ3) is 3.72. The highest BCUT2D eigenvalue weighted by molar-refractivity contribution is 5.53. The third-order valence-electron chi connectivity index (χ3n) is 4.15. The van der Waals surface area contributed by atoms with E-state index in [-0.39, 0.29) is 5.92 Å². The Morgan fingerprint density at radius 2 is 1.52 bits per heavy atom. The average Bonchev–Trinajstić information content (AvgIpc) is 3.07. The van der Waals surface area contributed by atoms with Gasteiger partial charge in [-0.3, -0.25) is 4.40 Å². The summed E-state index contributed by atoms with van der Waals surface area (Å²) in [4.78, 5) is 4.67. The van der Waals surface area contributed by atoms with E-state index in [0.717, 1.165) is 34.3 Å². The number of rotatable bonds is 5. The number of hydrogen-bond acceptors (Lipinski definition) is 4. The first kappa shape index (κ1) is 17.0. The van der Waals surface area contributed by atoms with Gasteiger partial charge in [-0.05, 0) is 54.4 Å². The van der Waals surface area contributed by atoms with Gasteiger partial charge in [-0.15, -0.1) is 10.2 Å². The molecular weight excluding hydrogens is 336 g/mol. The highest BCUT2D eigenvalue weighted by Gasteiger charge is 2.14. The fourth-order valence-corrected chi connectivity index (χ4v) is 2.80. The van der Waals surface area contributed by atoms with Crippen molar-refractivity contribution in [1.82, 2.24) is 9.38 Å². The highest BCUT2D eigenvalue weighted by atomic mass is 16.5. The summed E-state index contributed by atoms with van der Waals surface area (Å²) in [5.74, 6) is 2.60. The molecule has 0 fully saturated rings. The van der Waals surface area contributed by atoms with Gasteiger partial charge in [0.2, 0.25) is 0 Å². The van der Waals surface area contributed by atoms with Crippen molar-refractivity contribution in [3.63, 3.8) is 0 Å². The summed E-state index contributed by atoms with van der Waals surface area (Å²) >= 11 is 0. The van der Waals surface area contributed by atoms with Crippen LogP contribution in [0.5, 0.6) is 11.5 Å². The van der Waals surface area contributed by atoms with Crippen molar-refractivity contribution in [3.05, 3.63) is 84.7 Å². The fraction of sp³-hybridized carbons (Fsp3) is 0.136. The van der Waals surface area contributed by atoms with Gasteiger partial charge in [0.15, 0.2) is 5.82 Å². The van der Waals surface area contributed by atoms with Crippen molar-refractivity contribution in [1.29, 1.82) is 0 Å². The van der Waals surface area contributed by atoms with Crippen LogP contribution in [0.2, 0.25) is 0 Å². The molecule has 0 N–H and O–H groups in total. The molecule has 0 bridgehead atoms. The van der Waals surface area contributed by atoms with Crippen LogP contribution in [0.15, 0.2) is 89.2 Å². The van der Waals surface area contributed by atoms with Crippen molar-refractivity contribution in [2.75, 3.05) is 0 Å². The maximum absolute atomic E-state index is 5.81. The van der Waals surface area contributed by atoms with E-state index in [1.807, 2.05) is 83.4 Å². The van der Waals surface area contributed by atoms with Crippen LogP contribution in [0.25, 0.3) is 5.65 Å². The molecule has 5 nitrogen and oxygen atoms in total. The first-order valence-electron chi connectivity index (χ1n) is 8.92. The summed E-state index contributed by atoms with van der Waals surface area (Å²) < 4.78 is 7.77. The Morgan fingerprint density at radius 1 is 0.815 bits per heavy atom. The zero-order valence-corrected chi connectivity index (χ0v) is 15.3. The van der Waals surface area contributed by atoms with E-state index in [2.05, 4.69) is 29.1 Å². The summed E-state index contributed by atoms with van der Waals surface area (Å²) in [6.45, 7) is 4.22. The number of pyridine rings is 1. The molecule has 0 saturated heterocycles. The second-order valence-corrected chi connectivity index (χ2v) is 6.51. The minimum atomic E-state index is 0.264. The fourth-order valence-electron chi connectivity index (χ4n) is 2.80. The predicted molar refractivity (Wildman–Crippen MR) is 106 cm³/mol. The van der Waals surface area contributed by atoms with Crippen molar-refractivity contribution in [2.24, 2.45) is 10.2 Å². The molecule has 2 aromatic carbocycles. The maximum atomic E-state index is 5.81. The number of hydrogen-bond donors (Lipinski definition) is 0. The van der Waals surface area contributed by atoms with Crippen LogP contribution >= 0.6 is 0 Å². The van der Waals surface area contributed by atoms with Crippen LogP contribution < -0.4 is 4.74 Å². The number of benzene rings is 2. The number of imidazole rings is 1. The van der Waals surface area contributed by atoms with E-state index >= 15 is 0 Å². The molecule has 5 heteroatoms. The van der Waals surface area contributed by atoms with Crippen LogP contribution in [0.1, 0.15) is 25.5 Å². The first-order valence-corrected chi connectivity index (χ1v) is 8.92. The monoisotopic (exact) mass is 356 g/mol. The Kier molecular flexibility index (Phi) is 4.66. The van der Waals surface area contributed by atoms with Gasteiger partial charge >= 0.3 is 0 Å². The second kappa shape index (κ2) is 7.41. The molecule has 0 spiro atoms. The molecule has 4 aromatic rings.